The highest BCUT2D eigenvalue weighted by molar-refractivity contribution is 7.87. The lowest BCUT2D eigenvalue weighted by molar-refractivity contribution is 0.248. The van der Waals surface area contributed by atoms with E-state index in [1.54, 1.807) is 4.31 Å². The van der Waals surface area contributed by atoms with E-state index in [1.165, 1.54) is 0 Å². The summed E-state index contributed by atoms with van der Waals surface area (Å²) >= 11 is 0. The van der Waals surface area contributed by atoms with Gasteiger partial charge in [0.15, 0.2) is 0 Å². The number of likely N-dealkylation sites (N-methyl/N-ethyl adjacent to an activating group) is 1. The van der Waals surface area contributed by atoms with E-state index >= 15 is 0 Å². The fraction of sp³-hybridized carbons (Fsp3) is 1.00. The minimum absolute atomic E-state index is 0.420. The molecule has 1 fully saturated rings. The van der Waals surface area contributed by atoms with E-state index < -0.39 is 10.2 Å². The van der Waals surface area contributed by atoms with Crippen molar-refractivity contribution in [2.24, 2.45) is 5.92 Å². The molecule has 2 atom stereocenters. The molecule has 21 heavy (non-hydrogen) atoms. The van der Waals surface area contributed by atoms with Gasteiger partial charge in [0, 0.05) is 32.2 Å². The molecule has 0 spiro atoms. The fourth-order valence-corrected chi connectivity index (χ4v) is 3.98. The van der Waals surface area contributed by atoms with Gasteiger partial charge < -0.3 is 10.2 Å². The van der Waals surface area contributed by atoms with Gasteiger partial charge in [0.05, 0.1) is 0 Å². The summed E-state index contributed by atoms with van der Waals surface area (Å²) in [5, 5.41) is 3.14. The van der Waals surface area contributed by atoms with Gasteiger partial charge in [-0.1, -0.05) is 6.92 Å². The predicted molar refractivity (Wildman–Crippen MR) is 87.5 cm³/mol. The van der Waals surface area contributed by atoms with Gasteiger partial charge in [-0.05, 0) is 52.7 Å². The van der Waals surface area contributed by atoms with Gasteiger partial charge in [-0.15, -0.1) is 0 Å². The quantitative estimate of drug-likeness (QED) is 0.649. The second-order valence-corrected chi connectivity index (χ2v) is 7.82. The fourth-order valence-electron chi connectivity index (χ4n) is 2.67. The van der Waals surface area contributed by atoms with E-state index in [9.17, 15) is 8.42 Å². The zero-order valence-electron chi connectivity index (χ0n) is 13.9. The van der Waals surface area contributed by atoms with Crippen molar-refractivity contribution >= 4 is 10.2 Å². The molecule has 0 aliphatic carbocycles. The number of nitrogens with one attached hydrogen (secondary N) is 2. The van der Waals surface area contributed by atoms with Crippen LogP contribution in [-0.2, 0) is 10.2 Å². The van der Waals surface area contributed by atoms with E-state index in [0.29, 0.717) is 31.6 Å². The highest BCUT2D eigenvalue weighted by Crippen LogP contribution is 2.17. The topological polar surface area (TPSA) is 64.7 Å². The molecule has 1 saturated heterocycles. The zero-order chi connectivity index (χ0) is 15.9. The highest BCUT2D eigenvalue weighted by atomic mass is 32.2. The van der Waals surface area contributed by atoms with Crippen molar-refractivity contribution < 1.29 is 8.42 Å². The summed E-state index contributed by atoms with van der Waals surface area (Å²) in [5.74, 6) is 0.420. The summed E-state index contributed by atoms with van der Waals surface area (Å²) in [6.45, 7) is 7.64. The number of rotatable bonds is 9. The van der Waals surface area contributed by atoms with E-state index in [1.807, 2.05) is 14.1 Å². The molecule has 0 aromatic rings. The van der Waals surface area contributed by atoms with Crippen molar-refractivity contribution in [3.8, 4) is 0 Å². The Morgan fingerprint density at radius 2 is 2.14 bits per heavy atom. The van der Waals surface area contributed by atoms with Crippen molar-refractivity contribution in [1.29, 1.82) is 0 Å². The molecule has 0 saturated carbocycles. The molecule has 1 heterocycles. The molecule has 2 N–H and O–H groups in total. The average Bonchev–Trinajstić information content (AvgIpc) is 2.46. The second-order valence-electron chi connectivity index (χ2n) is 6.06. The summed E-state index contributed by atoms with van der Waals surface area (Å²) < 4.78 is 29.0. The molecular weight excluding hydrogens is 288 g/mol. The first kappa shape index (κ1) is 18.8. The molecule has 0 amide bonds. The van der Waals surface area contributed by atoms with Crippen LogP contribution in [0.2, 0.25) is 0 Å². The molecule has 126 valence electrons. The third kappa shape index (κ3) is 6.20. The Balaban J connectivity index is 2.42. The van der Waals surface area contributed by atoms with Crippen LogP contribution < -0.4 is 10.0 Å². The summed E-state index contributed by atoms with van der Waals surface area (Å²) in [5.41, 5.74) is 0. The third-order valence-corrected chi connectivity index (χ3v) is 5.99. The standard InChI is InChI=1S/C14H32N4O2S/c1-5-13(2)17(4)10-8-16-21(19,20)18-9-6-7-14(12-18)11-15-3/h13-16H,5-12H2,1-4H3. The van der Waals surface area contributed by atoms with Gasteiger partial charge in [-0.25, -0.2) is 4.72 Å². The maximum absolute atomic E-state index is 12.3. The molecule has 7 heteroatoms. The first-order valence-corrected chi connectivity index (χ1v) is 9.44. The maximum Gasteiger partial charge on any atom is 0.279 e. The Hall–Kier alpha value is -0.210. The Morgan fingerprint density at radius 1 is 1.43 bits per heavy atom. The summed E-state index contributed by atoms with van der Waals surface area (Å²) in [7, 11) is 0.613. The normalized spacial score (nSPS) is 22.6. The molecule has 0 aromatic carbocycles. The van der Waals surface area contributed by atoms with E-state index in [4.69, 9.17) is 0 Å². The summed E-state index contributed by atoms with van der Waals surface area (Å²) in [6.07, 6.45) is 3.12. The van der Waals surface area contributed by atoms with Crippen LogP contribution in [0.3, 0.4) is 0 Å². The van der Waals surface area contributed by atoms with Gasteiger partial charge in [0.2, 0.25) is 0 Å². The lowest BCUT2D eigenvalue weighted by atomic mass is 10.00. The van der Waals surface area contributed by atoms with Crippen LogP contribution in [0.25, 0.3) is 0 Å². The average molecular weight is 321 g/mol. The second kappa shape index (κ2) is 9.05. The zero-order valence-corrected chi connectivity index (χ0v) is 14.7. The minimum Gasteiger partial charge on any atom is -0.319 e. The van der Waals surface area contributed by atoms with Crippen molar-refractivity contribution in [1.82, 2.24) is 19.2 Å². The Labute approximate surface area is 130 Å². The van der Waals surface area contributed by atoms with Crippen molar-refractivity contribution in [3.05, 3.63) is 0 Å². The molecular formula is C14H32N4O2S. The molecule has 1 aliphatic heterocycles. The lowest BCUT2D eigenvalue weighted by Crippen LogP contribution is -2.49. The van der Waals surface area contributed by atoms with Gasteiger partial charge in [0.25, 0.3) is 10.2 Å². The molecule has 6 nitrogen and oxygen atoms in total. The molecule has 1 rings (SSSR count). The SMILES string of the molecule is CCC(C)N(C)CCNS(=O)(=O)N1CCCC(CNC)C1. The molecule has 0 radical (unpaired) electrons. The summed E-state index contributed by atoms with van der Waals surface area (Å²) in [4.78, 5) is 2.18. The maximum atomic E-state index is 12.3. The molecule has 1 aliphatic rings. The van der Waals surface area contributed by atoms with Gasteiger partial charge in [0.1, 0.15) is 0 Å². The van der Waals surface area contributed by atoms with Gasteiger partial charge >= 0.3 is 0 Å². The monoisotopic (exact) mass is 320 g/mol. The van der Waals surface area contributed by atoms with Crippen molar-refractivity contribution in [3.63, 3.8) is 0 Å². The Bertz CT molecular complexity index is 386. The van der Waals surface area contributed by atoms with E-state index in [-0.39, 0.29) is 0 Å². The van der Waals surface area contributed by atoms with E-state index in [2.05, 4.69) is 28.8 Å². The van der Waals surface area contributed by atoms with Crippen LogP contribution in [0.4, 0.5) is 0 Å². The van der Waals surface area contributed by atoms with Crippen LogP contribution in [0.1, 0.15) is 33.1 Å². The van der Waals surface area contributed by atoms with Crippen LogP contribution in [0.5, 0.6) is 0 Å². The smallest absolute Gasteiger partial charge is 0.279 e. The largest absolute Gasteiger partial charge is 0.319 e. The molecule has 2 unspecified atom stereocenters. The Kier molecular flexibility index (Phi) is 8.12. The lowest BCUT2D eigenvalue weighted by Gasteiger charge is -2.32. The number of piperidine rings is 1. The van der Waals surface area contributed by atoms with Gasteiger partial charge in [-0.2, -0.15) is 12.7 Å². The van der Waals surface area contributed by atoms with Crippen LogP contribution in [-0.4, -0.2) is 70.5 Å². The van der Waals surface area contributed by atoms with Crippen molar-refractivity contribution in [2.75, 3.05) is 46.8 Å². The highest BCUT2D eigenvalue weighted by Gasteiger charge is 2.28. The summed E-state index contributed by atoms with van der Waals surface area (Å²) in [6, 6.07) is 0.476. The first-order chi connectivity index (χ1) is 9.90. The Morgan fingerprint density at radius 3 is 2.76 bits per heavy atom. The molecule has 0 bridgehead atoms. The number of nitrogens with zero attached hydrogens (tertiary/aromatic N) is 2. The van der Waals surface area contributed by atoms with Crippen molar-refractivity contribution in [2.45, 2.75) is 39.2 Å². The predicted octanol–water partition coefficient (Wildman–Crippen LogP) is 0.483. The van der Waals surface area contributed by atoms with E-state index in [0.717, 1.165) is 32.4 Å². The third-order valence-electron chi connectivity index (χ3n) is 4.41. The van der Waals surface area contributed by atoms with Crippen LogP contribution in [0.15, 0.2) is 0 Å². The molecule has 0 aromatic heterocycles. The minimum atomic E-state index is -3.33. The van der Waals surface area contributed by atoms with Crippen LogP contribution in [0, 0.1) is 5.92 Å². The number of hydrogen-bond acceptors (Lipinski definition) is 4. The number of hydrogen-bond donors (Lipinski definition) is 2. The first-order valence-electron chi connectivity index (χ1n) is 8.00. The van der Waals surface area contributed by atoms with Gasteiger partial charge in [-0.3, -0.25) is 0 Å². The van der Waals surface area contributed by atoms with Crippen LogP contribution >= 0.6 is 0 Å².